The molecule has 2 heterocycles. The van der Waals surface area contributed by atoms with Gasteiger partial charge in [-0.05, 0) is 60.2 Å². The van der Waals surface area contributed by atoms with Crippen LogP contribution in [0.3, 0.4) is 0 Å². The first-order valence-electron chi connectivity index (χ1n) is 9.61. The molecule has 2 aromatic carbocycles. The quantitative estimate of drug-likeness (QED) is 0.677. The van der Waals surface area contributed by atoms with E-state index in [1.165, 1.54) is 33.9 Å². The molecule has 0 saturated heterocycles. The Hall–Kier alpha value is -3.08. The van der Waals surface area contributed by atoms with Crippen LogP contribution in [0.5, 0.6) is 11.8 Å². The van der Waals surface area contributed by atoms with Crippen molar-refractivity contribution in [1.82, 2.24) is 9.55 Å². The molecule has 1 aliphatic rings. The van der Waals surface area contributed by atoms with E-state index in [0.717, 1.165) is 12.2 Å². The minimum atomic E-state index is -0.289. The molecule has 4 rings (SSSR count). The van der Waals surface area contributed by atoms with Gasteiger partial charge in [0.25, 0.3) is 11.6 Å². The van der Waals surface area contributed by atoms with Gasteiger partial charge in [0.15, 0.2) is 6.10 Å². The predicted octanol–water partition coefficient (Wildman–Crippen LogP) is 3.93. The number of hydrogen-bond donors (Lipinski definition) is 0. The molecule has 0 bridgehead atoms. The van der Waals surface area contributed by atoms with Crippen LogP contribution < -0.4 is 15.0 Å². The fourth-order valence-electron chi connectivity index (χ4n) is 3.59. The second-order valence-electron chi connectivity index (χ2n) is 7.17. The Morgan fingerprint density at radius 1 is 1.18 bits per heavy atom. The molecule has 0 amide bonds. The summed E-state index contributed by atoms with van der Waals surface area (Å²) >= 11 is 0. The highest BCUT2D eigenvalue weighted by Crippen LogP contribution is 2.31. The number of aromatic nitrogens is 2. The average Bonchev–Trinajstić information content (AvgIpc) is 3.10. The lowest BCUT2D eigenvalue weighted by molar-refractivity contribution is 0.143. The first-order chi connectivity index (χ1) is 13.5. The van der Waals surface area contributed by atoms with Gasteiger partial charge in [-0.3, -0.25) is 9.36 Å². The lowest BCUT2D eigenvalue weighted by Gasteiger charge is -2.16. The lowest BCUT2D eigenvalue weighted by Crippen LogP contribution is -2.23. The van der Waals surface area contributed by atoms with Crippen LogP contribution in [0.15, 0.2) is 53.5 Å². The van der Waals surface area contributed by atoms with Crippen LogP contribution >= 0.6 is 0 Å². The molecule has 1 aliphatic heterocycles. The minimum absolute atomic E-state index is 0.155. The number of fused-ring (bicyclic) bond motifs is 1. The number of hydrogen-bond acceptors (Lipinski definition) is 4. The van der Waals surface area contributed by atoms with Gasteiger partial charge in [0.05, 0.1) is 6.54 Å². The molecule has 5 nitrogen and oxygen atoms in total. The number of aryl methyl sites for hydroxylation is 2. The second-order valence-corrected chi connectivity index (χ2v) is 7.17. The van der Waals surface area contributed by atoms with Crippen LogP contribution in [0, 0.1) is 13.8 Å². The lowest BCUT2D eigenvalue weighted by atomic mass is 9.92. The molecule has 0 saturated carbocycles. The maximum Gasteiger partial charge on any atom is 0.300 e. The normalized spacial score (nSPS) is 15.2. The summed E-state index contributed by atoms with van der Waals surface area (Å²) < 4.78 is 13.5. The largest absolute Gasteiger partial charge is 0.490 e. The Bertz CT molecular complexity index is 1070. The van der Waals surface area contributed by atoms with Gasteiger partial charge in [-0.1, -0.05) is 31.2 Å². The maximum absolute atomic E-state index is 11.3. The Kier molecular flexibility index (Phi) is 4.90. The summed E-state index contributed by atoms with van der Waals surface area (Å²) in [6, 6.07) is 14.5. The molecular formula is C23H24N2O3. The number of ether oxygens (including phenoxy) is 2. The van der Waals surface area contributed by atoms with E-state index >= 15 is 0 Å². The van der Waals surface area contributed by atoms with Gasteiger partial charge in [0.1, 0.15) is 12.4 Å². The van der Waals surface area contributed by atoms with Crippen molar-refractivity contribution in [1.29, 1.82) is 0 Å². The summed E-state index contributed by atoms with van der Waals surface area (Å²) in [5.41, 5.74) is 6.10. The standard InChI is InChI=1S/C23H24N2O3/c1-4-17-12-18(8-9-21(17)20-7-5-6-15(2)16(20)3)27-14-19-13-25-11-10-22(26)24-23(25)28-19/h5-12,19H,4,13-14H2,1-3H3. The smallest absolute Gasteiger partial charge is 0.300 e. The molecule has 5 heteroatoms. The van der Waals surface area contributed by atoms with Crippen molar-refractivity contribution in [3.8, 4) is 22.9 Å². The SMILES string of the molecule is CCc1cc(OCC2Cn3ccc(=O)nc3O2)ccc1-c1cccc(C)c1C. The van der Waals surface area contributed by atoms with E-state index in [2.05, 4.69) is 56.1 Å². The van der Waals surface area contributed by atoms with E-state index in [4.69, 9.17) is 9.47 Å². The van der Waals surface area contributed by atoms with Gasteiger partial charge in [-0.15, -0.1) is 0 Å². The monoisotopic (exact) mass is 376 g/mol. The summed E-state index contributed by atoms with van der Waals surface area (Å²) in [4.78, 5) is 15.2. The van der Waals surface area contributed by atoms with Crippen LogP contribution in [-0.4, -0.2) is 22.3 Å². The van der Waals surface area contributed by atoms with Crippen molar-refractivity contribution in [3.63, 3.8) is 0 Å². The first kappa shape index (κ1) is 18.3. The summed E-state index contributed by atoms with van der Waals surface area (Å²) in [5.74, 6) is 0.827. The first-order valence-corrected chi connectivity index (χ1v) is 9.61. The second kappa shape index (κ2) is 7.50. The summed E-state index contributed by atoms with van der Waals surface area (Å²) in [6.45, 7) is 7.51. The fraction of sp³-hybridized carbons (Fsp3) is 0.304. The third-order valence-electron chi connectivity index (χ3n) is 5.31. The van der Waals surface area contributed by atoms with Crippen LogP contribution in [-0.2, 0) is 13.0 Å². The molecule has 0 spiro atoms. The Balaban J connectivity index is 1.49. The highest BCUT2D eigenvalue weighted by Gasteiger charge is 2.23. The van der Waals surface area contributed by atoms with Crippen LogP contribution in [0.2, 0.25) is 0 Å². The number of benzene rings is 2. The molecule has 0 N–H and O–H groups in total. The van der Waals surface area contributed by atoms with Crippen LogP contribution in [0.4, 0.5) is 0 Å². The van der Waals surface area contributed by atoms with Gasteiger partial charge in [-0.2, -0.15) is 4.98 Å². The zero-order chi connectivity index (χ0) is 19.7. The van der Waals surface area contributed by atoms with Crippen molar-refractivity contribution in [3.05, 3.63) is 75.7 Å². The highest BCUT2D eigenvalue weighted by atomic mass is 16.6. The van der Waals surface area contributed by atoms with Gasteiger partial charge >= 0.3 is 0 Å². The molecule has 0 radical (unpaired) electrons. The van der Waals surface area contributed by atoms with E-state index in [0.29, 0.717) is 19.2 Å². The summed E-state index contributed by atoms with van der Waals surface area (Å²) in [7, 11) is 0. The highest BCUT2D eigenvalue weighted by molar-refractivity contribution is 5.72. The summed E-state index contributed by atoms with van der Waals surface area (Å²) in [6.07, 6.45) is 2.48. The third-order valence-corrected chi connectivity index (χ3v) is 5.31. The van der Waals surface area contributed by atoms with Crippen LogP contribution in [0.1, 0.15) is 23.6 Å². The summed E-state index contributed by atoms with van der Waals surface area (Å²) in [5, 5.41) is 0. The molecule has 3 aromatic rings. The van der Waals surface area contributed by atoms with Crippen molar-refractivity contribution in [2.75, 3.05) is 6.61 Å². The maximum atomic E-state index is 11.3. The zero-order valence-electron chi connectivity index (χ0n) is 16.4. The zero-order valence-corrected chi connectivity index (χ0v) is 16.4. The number of rotatable bonds is 5. The van der Waals surface area contributed by atoms with E-state index in [-0.39, 0.29) is 11.7 Å². The van der Waals surface area contributed by atoms with E-state index in [1.807, 2.05) is 10.6 Å². The molecule has 1 unspecified atom stereocenters. The molecule has 1 aromatic heterocycles. The molecule has 0 fully saturated rings. The van der Waals surface area contributed by atoms with Crippen molar-refractivity contribution in [2.45, 2.75) is 39.8 Å². The van der Waals surface area contributed by atoms with Gasteiger partial charge in [0, 0.05) is 12.3 Å². The fourth-order valence-corrected chi connectivity index (χ4v) is 3.59. The Morgan fingerprint density at radius 3 is 2.86 bits per heavy atom. The van der Waals surface area contributed by atoms with Crippen molar-refractivity contribution >= 4 is 0 Å². The molecular weight excluding hydrogens is 352 g/mol. The molecule has 1 atom stereocenters. The average molecular weight is 376 g/mol. The molecule has 144 valence electrons. The molecule has 0 aliphatic carbocycles. The van der Waals surface area contributed by atoms with Gasteiger partial charge in [0.2, 0.25) is 0 Å². The van der Waals surface area contributed by atoms with Crippen molar-refractivity contribution in [2.24, 2.45) is 0 Å². The van der Waals surface area contributed by atoms with Crippen LogP contribution in [0.25, 0.3) is 11.1 Å². The predicted molar refractivity (Wildman–Crippen MR) is 109 cm³/mol. The number of nitrogens with zero attached hydrogens (tertiary/aromatic N) is 2. The van der Waals surface area contributed by atoms with Crippen molar-refractivity contribution < 1.29 is 9.47 Å². The minimum Gasteiger partial charge on any atom is -0.490 e. The van der Waals surface area contributed by atoms with E-state index in [9.17, 15) is 4.79 Å². The third kappa shape index (κ3) is 3.52. The van der Waals surface area contributed by atoms with E-state index < -0.39 is 0 Å². The van der Waals surface area contributed by atoms with Gasteiger partial charge < -0.3 is 9.47 Å². The van der Waals surface area contributed by atoms with Gasteiger partial charge in [-0.25, -0.2) is 0 Å². The Morgan fingerprint density at radius 2 is 2.04 bits per heavy atom. The van der Waals surface area contributed by atoms with E-state index in [1.54, 1.807) is 6.20 Å². The Labute approximate surface area is 164 Å². The molecule has 28 heavy (non-hydrogen) atoms. The topological polar surface area (TPSA) is 53.4 Å².